The third kappa shape index (κ3) is 5.11. The van der Waals surface area contributed by atoms with Gasteiger partial charge in [-0.3, -0.25) is 9.59 Å². The van der Waals surface area contributed by atoms with Gasteiger partial charge in [0.25, 0.3) is 11.8 Å². The molecule has 164 valence electrons. The summed E-state index contributed by atoms with van der Waals surface area (Å²) in [6, 6.07) is 9.84. The molecule has 1 aliphatic carbocycles. The van der Waals surface area contributed by atoms with E-state index in [0.29, 0.717) is 53.2 Å². The fourth-order valence-electron chi connectivity index (χ4n) is 4.15. The maximum Gasteiger partial charge on any atom is 0.255 e. The molecule has 2 atom stereocenters. The zero-order valence-corrected chi connectivity index (χ0v) is 17.9. The number of rotatable bonds is 6. The number of ether oxygens (including phenoxy) is 2. The highest BCUT2D eigenvalue weighted by Crippen LogP contribution is 2.33. The third-order valence-corrected chi connectivity index (χ3v) is 6.20. The van der Waals surface area contributed by atoms with Gasteiger partial charge in [0.2, 0.25) is 6.79 Å². The summed E-state index contributed by atoms with van der Waals surface area (Å²) >= 11 is 6.33. The van der Waals surface area contributed by atoms with Crippen LogP contribution in [0.25, 0.3) is 0 Å². The van der Waals surface area contributed by atoms with E-state index in [1.165, 1.54) is 6.42 Å². The van der Waals surface area contributed by atoms with E-state index in [2.05, 4.69) is 10.6 Å². The molecular weight excluding hydrogens is 418 g/mol. The van der Waals surface area contributed by atoms with Gasteiger partial charge in [0.1, 0.15) is 0 Å². The van der Waals surface area contributed by atoms with Crippen molar-refractivity contribution in [3.63, 3.8) is 0 Å². The number of anilines is 1. The number of fused-ring (bicyclic) bond motifs is 1. The Balaban J connectivity index is 1.35. The highest BCUT2D eigenvalue weighted by molar-refractivity contribution is 6.34. The van der Waals surface area contributed by atoms with Gasteiger partial charge in [0.05, 0.1) is 10.6 Å². The molecule has 31 heavy (non-hydrogen) atoms. The van der Waals surface area contributed by atoms with Crippen LogP contribution in [0.1, 0.15) is 46.4 Å². The van der Waals surface area contributed by atoms with Gasteiger partial charge in [-0.1, -0.05) is 18.0 Å². The molecule has 2 aromatic carbocycles. The molecule has 2 aliphatic rings. The number of carbonyl (C=O) groups is 2. The maximum atomic E-state index is 12.6. The summed E-state index contributed by atoms with van der Waals surface area (Å²) in [6.07, 6.45) is 4.48. The molecular formula is C23H26ClN3O4. The lowest BCUT2D eigenvalue weighted by molar-refractivity contribution is 0.0940. The van der Waals surface area contributed by atoms with Crippen LogP contribution in [0.2, 0.25) is 5.02 Å². The van der Waals surface area contributed by atoms with Gasteiger partial charge in [-0.25, -0.2) is 0 Å². The van der Waals surface area contributed by atoms with E-state index in [-0.39, 0.29) is 23.6 Å². The lowest BCUT2D eigenvalue weighted by Crippen LogP contribution is -2.33. The lowest BCUT2D eigenvalue weighted by atomic mass is 9.81. The first-order valence-electron chi connectivity index (χ1n) is 10.5. The van der Waals surface area contributed by atoms with Crippen molar-refractivity contribution in [2.75, 3.05) is 25.2 Å². The Hall–Kier alpha value is -2.77. The zero-order chi connectivity index (χ0) is 21.8. The lowest BCUT2D eigenvalue weighted by Gasteiger charge is -2.28. The average molecular weight is 444 g/mol. The smallest absolute Gasteiger partial charge is 0.255 e. The van der Waals surface area contributed by atoms with Crippen molar-refractivity contribution >= 4 is 29.1 Å². The van der Waals surface area contributed by atoms with Crippen LogP contribution in [-0.2, 0) is 0 Å². The van der Waals surface area contributed by atoms with Crippen molar-refractivity contribution in [1.29, 1.82) is 0 Å². The molecule has 0 radical (unpaired) electrons. The predicted octanol–water partition coefficient (Wildman–Crippen LogP) is 3.82. The van der Waals surface area contributed by atoms with Gasteiger partial charge in [-0.15, -0.1) is 0 Å². The Kier molecular flexibility index (Phi) is 6.63. The first-order valence-corrected chi connectivity index (χ1v) is 10.9. The summed E-state index contributed by atoms with van der Waals surface area (Å²) < 4.78 is 10.6. The number of hydrogen-bond donors (Lipinski definition) is 3. The standard InChI is InChI=1S/C23H26ClN3O4/c24-19-10-17(27-22(28)16-4-7-20-21(9-16)31-13-30-20)5-6-18(19)23(29)26-12-15-3-1-2-14(8-15)11-25/h4-7,9-10,14-15H,1-3,8,11-13,25H2,(H,26,29)(H,27,28). The molecule has 1 heterocycles. The molecule has 8 heteroatoms. The van der Waals surface area contributed by atoms with E-state index in [0.717, 1.165) is 19.3 Å². The molecule has 4 N–H and O–H groups in total. The van der Waals surface area contributed by atoms with Crippen LogP contribution in [0, 0.1) is 11.8 Å². The van der Waals surface area contributed by atoms with Crippen LogP contribution >= 0.6 is 11.6 Å². The van der Waals surface area contributed by atoms with Gasteiger partial charge in [-0.2, -0.15) is 0 Å². The number of benzene rings is 2. The van der Waals surface area contributed by atoms with Crippen molar-refractivity contribution < 1.29 is 19.1 Å². The van der Waals surface area contributed by atoms with Crippen LogP contribution in [0.5, 0.6) is 11.5 Å². The Bertz CT molecular complexity index is 981. The van der Waals surface area contributed by atoms with Gasteiger partial charge in [-0.05, 0) is 74.0 Å². The van der Waals surface area contributed by atoms with E-state index in [1.807, 2.05) is 0 Å². The topological polar surface area (TPSA) is 103 Å². The molecule has 4 rings (SSSR count). The van der Waals surface area contributed by atoms with Gasteiger partial charge >= 0.3 is 0 Å². The molecule has 2 amide bonds. The third-order valence-electron chi connectivity index (χ3n) is 5.88. The Morgan fingerprint density at radius 2 is 1.84 bits per heavy atom. The van der Waals surface area contributed by atoms with Gasteiger partial charge in [0.15, 0.2) is 11.5 Å². The summed E-state index contributed by atoms with van der Waals surface area (Å²) in [4.78, 5) is 25.1. The second-order valence-electron chi connectivity index (χ2n) is 8.06. The summed E-state index contributed by atoms with van der Waals surface area (Å²) in [6.45, 7) is 1.47. The van der Waals surface area contributed by atoms with Gasteiger partial charge in [0, 0.05) is 17.8 Å². The van der Waals surface area contributed by atoms with E-state index < -0.39 is 0 Å². The number of nitrogens with two attached hydrogens (primary N) is 1. The molecule has 1 saturated carbocycles. The van der Waals surface area contributed by atoms with Crippen LogP contribution in [0.15, 0.2) is 36.4 Å². The molecule has 0 spiro atoms. The first kappa shape index (κ1) is 21.5. The number of carbonyl (C=O) groups excluding carboxylic acids is 2. The minimum absolute atomic E-state index is 0.147. The number of halogens is 1. The number of hydrogen-bond acceptors (Lipinski definition) is 5. The molecule has 7 nitrogen and oxygen atoms in total. The van der Waals surface area contributed by atoms with Crippen LogP contribution in [0.3, 0.4) is 0 Å². The molecule has 1 fully saturated rings. The van der Waals surface area contributed by atoms with Crippen molar-refractivity contribution in [2.24, 2.45) is 17.6 Å². The quantitative estimate of drug-likeness (QED) is 0.629. The summed E-state index contributed by atoms with van der Waals surface area (Å²) in [5.74, 6) is 1.62. The normalized spacial score (nSPS) is 19.7. The van der Waals surface area contributed by atoms with E-state index in [9.17, 15) is 9.59 Å². The Labute approximate surface area is 186 Å². The minimum Gasteiger partial charge on any atom is -0.454 e. The van der Waals surface area contributed by atoms with E-state index in [4.69, 9.17) is 26.8 Å². The first-order chi connectivity index (χ1) is 15.0. The Morgan fingerprint density at radius 3 is 2.65 bits per heavy atom. The summed E-state index contributed by atoms with van der Waals surface area (Å²) in [7, 11) is 0. The zero-order valence-electron chi connectivity index (χ0n) is 17.2. The summed E-state index contributed by atoms with van der Waals surface area (Å²) in [5, 5.41) is 6.06. The van der Waals surface area contributed by atoms with Crippen LogP contribution in [0.4, 0.5) is 5.69 Å². The molecule has 0 saturated heterocycles. The summed E-state index contributed by atoms with van der Waals surface area (Å²) in [5.41, 5.74) is 7.12. The fourth-order valence-corrected chi connectivity index (χ4v) is 4.42. The minimum atomic E-state index is -0.307. The largest absolute Gasteiger partial charge is 0.454 e. The van der Waals surface area contributed by atoms with E-state index >= 15 is 0 Å². The molecule has 0 aromatic heterocycles. The second-order valence-corrected chi connectivity index (χ2v) is 8.47. The number of amides is 2. The van der Waals surface area contributed by atoms with Crippen molar-refractivity contribution in [3.05, 3.63) is 52.5 Å². The maximum absolute atomic E-state index is 12.6. The average Bonchev–Trinajstić information content (AvgIpc) is 3.25. The molecule has 0 bridgehead atoms. The monoisotopic (exact) mass is 443 g/mol. The number of nitrogens with one attached hydrogen (secondary N) is 2. The highest BCUT2D eigenvalue weighted by atomic mass is 35.5. The van der Waals surface area contributed by atoms with Crippen molar-refractivity contribution in [2.45, 2.75) is 25.7 Å². The second kappa shape index (κ2) is 9.58. The van der Waals surface area contributed by atoms with E-state index in [1.54, 1.807) is 36.4 Å². The molecule has 2 unspecified atom stereocenters. The van der Waals surface area contributed by atoms with Crippen molar-refractivity contribution in [1.82, 2.24) is 5.32 Å². The van der Waals surface area contributed by atoms with Gasteiger partial charge < -0.3 is 25.8 Å². The van der Waals surface area contributed by atoms with Crippen LogP contribution in [-0.4, -0.2) is 31.7 Å². The fraction of sp³-hybridized carbons (Fsp3) is 0.391. The molecule has 2 aromatic rings. The molecule has 1 aliphatic heterocycles. The highest BCUT2D eigenvalue weighted by Gasteiger charge is 2.22. The SMILES string of the molecule is NCC1CCCC(CNC(=O)c2ccc(NC(=O)c3ccc4c(c3)OCO4)cc2Cl)C1. The predicted molar refractivity (Wildman–Crippen MR) is 119 cm³/mol. The van der Waals surface area contributed by atoms with Crippen LogP contribution < -0.4 is 25.8 Å². The van der Waals surface area contributed by atoms with Crippen molar-refractivity contribution in [3.8, 4) is 11.5 Å². The Morgan fingerprint density at radius 1 is 1.03 bits per heavy atom.